The molecule has 2 aliphatic rings. The molecule has 1 atom stereocenters. The molecule has 1 N–H and O–H groups in total. The third kappa shape index (κ3) is 8.30. The highest BCUT2D eigenvalue weighted by Gasteiger charge is 2.23. The summed E-state index contributed by atoms with van der Waals surface area (Å²) >= 11 is 1.80. The maximum Gasteiger partial charge on any atom is 0.193 e. The summed E-state index contributed by atoms with van der Waals surface area (Å²) in [6.07, 6.45) is 9.41. The van der Waals surface area contributed by atoms with Gasteiger partial charge in [0, 0.05) is 44.2 Å². The van der Waals surface area contributed by atoms with E-state index in [4.69, 9.17) is 9.47 Å². The van der Waals surface area contributed by atoms with E-state index in [1.807, 2.05) is 13.2 Å². The fraction of sp³-hybridized carbons (Fsp3) is 0.810. The van der Waals surface area contributed by atoms with E-state index in [9.17, 15) is 0 Å². The van der Waals surface area contributed by atoms with Crippen LogP contribution in [-0.2, 0) is 22.4 Å². The molecule has 3 heterocycles. The van der Waals surface area contributed by atoms with Crippen molar-refractivity contribution >= 4 is 41.3 Å². The van der Waals surface area contributed by atoms with Crippen molar-refractivity contribution in [3.8, 4) is 0 Å². The number of hydrogen-bond acceptors (Lipinski definition) is 5. The van der Waals surface area contributed by atoms with E-state index in [0.29, 0.717) is 18.1 Å². The number of likely N-dealkylation sites (tertiary alicyclic amines) is 1. The monoisotopic (exact) mass is 536 g/mol. The highest BCUT2D eigenvalue weighted by Crippen LogP contribution is 2.19. The Balaban J connectivity index is 0.00000300. The van der Waals surface area contributed by atoms with E-state index < -0.39 is 0 Å². The van der Waals surface area contributed by atoms with E-state index in [-0.39, 0.29) is 24.0 Å². The standard InChI is InChI=1S/C21H36N4O2S.HI/c1-16(2)12-20-23-13-19(28-20)14-24-21(22-3)25-9-7-17(8-10-25)27-15-18-6-4-5-11-26-18;/h13,16-18H,4-12,14-15H2,1-3H3,(H,22,24);1H. The normalized spacial score (nSPS) is 21.3. The van der Waals surface area contributed by atoms with Crippen LogP contribution in [0.1, 0.15) is 55.8 Å². The average molecular weight is 537 g/mol. The quantitative estimate of drug-likeness (QED) is 0.323. The number of thiazole rings is 1. The molecule has 6 nitrogen and oxygen atoms in total. The van der Waals surface area contributed by atoms with Gasteiger partial charge in [-0.1, -0.05) is 13.8 Å². The van der Waals surface area contributed by atoms with Gasteiger partial charge in [-0.3, -0.25) is 4.99 Å². The van der Waals surface area contributed by atoms with Crippen LogP contribution in [0.15, 0.2) is 11.2 Å². The molecule has 1 aromatic heterocycles. The van der Waals surface area contributed by atoms with Gasteiger partial charge in [0.2, 0.25) is 0 Å². The molecular weight excluding hydrogens is 499 g/mol. The summed E-state index contributed by atoms with van der Waals surface area (Å²) in [7, 11) is 1.86. The van der Waals surface area contributed by atoms with Crippen molar-refractivity contribution < 1.29 is 9.47 Å². The number of nitrogens with one attached hydrogen (secondary N) is 1. The van der Waals surface area contributed by atoms with Gasteiger partial charge in [0.05, 0.1) is 30.4 Å². The van der Waals surface area contributed by atoms with E-state index in [1.54, 1.807) is 11.3 Å². The third-order valence-corrected chi connectivity index (χ3v) is 6.37. The Morgan fingerprint density at radius 2 is 2.14 bits per heavy atom. The van der Waals surface area contributed by atoms with Gasteiger partial charge in [-0.15, -0.1) is 35.3 Å². The van der Waals surface area contributed by atoms with Gasteiger partial charge < -0.3 is 19.7 Å². The molecule has 1 unspecified atom stereocenters. The number of guanidine groups is 1. The van der Waals surface area contributed by atoms with Crippen molar-refractivity contribution in [3.63, 3.8) is 0 Å². The maximum atomic E-state index is 6.13. The van der Waals surface area contributed by atoms with Crippen LogP contribution >= 0.6 is 35.3 Å². The number of piperidine rings is 1. The second-order valence-electron chi connectivity index (χ2n) is 8.23. The lowest BCUT2D eigenvalue weighted by atomic mass is 10.1. The molecule has 0 saturated carbocycles. The predicted molar refractivity (Wildman–Crippen MR) is 130 cm³/mol. The summed E-state index contributed by atoms with van der Waals surface area (Å²) in [5, 5.41) is 4.73. The molecule has 0 aliphatic carbocycles. The first-order valence-corrected chi connectivity index (χ1v) is 11.6. The smallest absolute Gasteiger partial charge is 0.193 e. The van der Waals surface area contributed by atoms with Crippen LogP contribution in [-0.4, -0.2) is 61.4 Å². The van der Waals surface area contributed by atoms with E-state index in [2.05, 4.69) is 34.0 Å². The van der Waals surface area contributed by atoms with Gasteiger partial charge in [-0.25, -0.2) is 4.98 Å². The number of rotatable bonds is 7. The zero-order chi connectivity index (χ0) is 19.8. The summed E-state index contributed by atoms with van der Waals surface area (Å²) < 4.78 is 11.9. The molecule has 2 saturated heterocycles. The number of aliphatic imine (C=N–C) groups is 1. The largest absolute Gasteiger partial charge is 0.376 e. The number of halogens is 1. The summed E-state index contributed by atoms with van der Waals surface area (Å²) in [4.78, 5) is 12.6. The molecule has 3 rings (SSSR count). The maximum absolute atomic E-state index is 6.13. The minimum Gasteiger partial charge on any atom is -0.376 e. The average Bonchev–Trinajstić information content (AvgIpc) is 3.15. The Kier molecular flexibility index (Phi) is 11.2. The predicted octanol–water partition coefficient (Wildman–Crippen LogP) is 4.09. The Bertz CT molecular complexity index is 612. The zero-order valence-corrected chi connectivity index (χ0v) is 21.2. The van der Waals surface area contributed by atoms with Crippen molar-refractivity contribution in [1.29, 1.82) is 0 Å². The van der Waals surface area contributed by atoms with Gasteiger partial charge in [-0.05, 0) is 38.0 Å². The fourth-order valence-corrected chi connectivity index (χ4v) is 4.86. The first kappa shape index (κ1) is 24.8. The molecule has 166 valence electrons. The minimum atomic E-state index is 0. The van der Waals surface area contributed by atoms with Crippen molar-refractivity contribution in [2.24, 2.45) is 10.9 Å². The van der Waals surface area contributed by atoms with Gasteiger partial charge in [-0.2, -0.15) is 0 Å². The third-order valence-electron chi connectivity index (χ3n) is 5.35. The molecule has 0 spiro atoms. The Labute approximate surface area is 196 Å². The highest BCUT2D eigenvalue weighted by molar-refractivity contribution is 14.0. The van der Waals surface area contributed by atoms with Crippen LogP contribution in [0.4, 0.5) is 0 Å². The molecule has 1 aromatic rings. The first-order valence-electron chi connectivity index (χ1n) is 10.8. The number of hydrogen-bond donors (Lipinski definition) is 1. The van der Waals surface area contributed by atoms with Crippen LogP contribution in [0.3, 0.4) is 0 Å². The molecular formula is C21H37IN4O2S. The highest BCUT2D eigenvalue weighted by atomic mass is 127. The van der Waals surface area contributed by atoms with Crippen molar-refractivity contribution in [2.75, 3.05) is 33.4 Å². The molecule has 2 fully saturated rings. The molecule has 2 aliphatic heterocycles. The zero-order valence-electron chi connectivity index (χ0n) is 18.1. The van der Waals surface area contributed by atoms with Gasteiger partial charge >= 0.3 is 0 Å². The Hall–Kier alpha value is -0.450. The van der Waals surface area contributed by atoms with Crippen LogP contribution in [0.5, 0.6) is 0 Å². The van der Waals surface area contributed by atoms with E-state index in [1.165, 1.54) is 22.7 Å². The van der Waals surface area contributed by atoms with Crippen LogP contribution in [0.2, 0.25) is 0 Å². The number of ether oxygens (including phenoxy) is 2. The molecule has 0 amide bonds. The molecule has 8 heteroatoms. The van der Waals surface area contributed by atoms with E-state index >= 15 is 0 Å². The number of aromatic nitrogens is 1. The summed E-state index contributed by atoms with van der Waals surface area (Å²) in [5.74, 6) is 1.63. The van der Waals surface area contributed by atoms with Crippen molar-refractivity contribution in [1.82, 2.24) is 15.2 Å². The van der Waals surface area contributed by atoms with Crippen LogP contribution in [0, 0.1) is 5.92 Å². The molecule has 29 heavy (non-hydrogen) atoms. The summed E-state index contributed by atoms with van der Waals surface area (Å²) in [6, 6.07) is 0. The van der Waals surface area contributed by atoms with E-state index in [0.717, 1.165) is 64.5 Å². The fourth-order valence-electron chi connectivity index (χ4n) is 3.79. The molecule has 0 radical (unpaired) electrons. The van der Waals surface area contributed by atoms with Crippen LogP contribution in [0.25, 0.3) is 0 Å². The first-order chi connectivity index (χ1) is 13.6. The minimum absolute atomic E-state index is 0. The van der Waals surface area contributed by atoms with Crippen LogP contribution < -0.4 is 5.32 Å². The second-order valence-corrected chi connectivity index (χ2v) is 9.43. The molecule has 0 bridgehead atoms. The van der Waals surface area contributed by atoms with Gasteiger partial charge in [0.1, 0.15) is 0 Å². The van der Waals surface area contributed by atoms with Crippen molar-refractivity contribution in [3.05, 3.63) is 16.1 Å². The van der Waals surface area contributed by atoms with Gasteiger partial charge in [0.15, 0.2) is 5.96 Å². The second kappa shape index (κ2) is 13.1. The lowest BCUT2D eigenvalue weighted by molar-refractivity contribution is -0.0721. The Morgan fingerprint density at radius 3 is 2.79 bits per heavy atom. The molecule has 0 aromatic carbocycles. The SMILES string of the molecule is CN=C(NCc1cnc(CC(C)C)s1)N1CCC(OCC2CCCCO2)CC1.I. The lowest BCUT2D eigenvalue weighted by Crippen LogP contribution is -2.47. The summed E-state index contributed by atoms with van der Waals surface area (Å²) in [6.45, 7) is 8.87. The Morgan fingerprint density at radius 1 is 1.34 bits per heavy atom. The summed E-state index contributed by atoms with van der Waals surface area (Å²) in [5.41, 5.74) is 0. The van der Waals surface area contributed by atoms with Crippen molar-refractivity contribution in [2.45, 2.75) is 71.1 Å². The van der Waals surface area contributed by atoms with Gasteiger partial charge in [0.25, 0.3) is 0 Å². The lowest BCUT2D eigenvalue weighted by Gasteiger charge is -2.35. The number of nitrogens with zero attached hydrogens (tertiary/aromatic N) is 3. The topological polar surface area (TPSA) is 59.0 Å².